The maximum Gasteiger partial charge on any atom is 0.335 e. The van der Waals surface area contributed by atoms with Crippen LogP contribution in [0.1, 0.15) is 17.3 Å². The summed E-state index contributed by atoms with van der Waals surface area (Å²) in [6.07, 6.45) is 0. The summed E-state index contributed by atoms with van der Waals surface area (Å²) in [5.41, 5.74) is 0.979. The van der Waals surface area contributed by atoms with E-state index in [0.717, 1.165) is 4.90 Å². The third-order valence-electron chi connectivity index (χ3n) is 3.03. The molecule has 2 amide bonds. The van der Waals surface area contributed by atoms with Gasteiger partial charge in [-0.25, -0.2) is 4.79 Å². The van der Waals surface area contributed by atoms with Gasteiger partial charge in [0.15, 0.2) is 0 Å². The van der Waals surface area contributed by atoms with Crippen LogP contribution < -0.4 is 10.6 Å². The first-order valence-electron chi connectivity index (χ1n) is 7.18. The van der Waals surface area contributed by atoms with Crippen molar-refractivity contribution in [3.63, 3.8) is 0 Å². The number of carbonyl (C=O) groups is 3. The zero-order valence-electron chi connectivity index (χ0n) is 13.2. The molecule has 0 aromatic heterocycles. The molecule has 8 heteroatoms. The SMILES string of the molecule is CC(=O)Nc1ccc(SCC(=O)Nc2cc(C(=O)O)ccc2Cl)cc1. The Labute approximate surface area is 153 Å². The Hall–Kier alpha value is -2.51. The van der Waals surface area contributed by atoms with E-state index in [-0.39, 0.29) is 33.8 Å². The number of nitrogens with one attached hydrogen (secondary N) is 2. The number of benzene rings is 2. The first-order valence-corrected chi connectivity index (χ1v) is 8.54. The maximum absolute atomic E-state index is 12.0. The van der Waals surface area contributed by atoms with Crippen molar-refractivity contribution in [1.82, 2.24) is 0 Å². The molecule has 0 atom stereocenters. The second kappa shape index (κ2) is 8.55. The molecule has 0 aliphatic carbocycles. The number of amides is 2. The van der Waals surface area contributed by atoms with Crippen LogP contribution in [0, 0.1) is 0 Å². The molecule has 0 aliphatic rings. The maximum atomic E-state index is 12.0. The fraction of sp³-hybridized carbons (Fsp3) is 0.118. The minimum absolute atomic E-state index is 0.0425. The molecular formula is C17H15ClN2O4S. The van der Waals surface area contributed by atoms with Gasteiger partial charge in [0, 0.05) is 17.5 Å². The molecule has 0 fully saturated rings. The zero-order chi connectivity index (χ0) is 18.4. The van der Waals surface area contributed by atoms with Crippen molar-refractivity contribution in [1.29, 1.82) is 0 Å². The van der Waals surface area contributed by atoms with E-state index in [1.165, 1.54) is 36.9 Å². The number of aromatic carboxylic acids is 1. The number of carboxylic acids is 1. The summed E-state index contributed by atoms with van der Waals surface area (Å²) < 4.78 is 0. The largest absolute Gasteiger partial charge is 0.478 e. The van der Waals surface area contributed by atoms with Gasteiger partial charge in [-0.1, -0.05) is 11.6 Å². The number of rotatable bonds is 6. The molecule has 2 rings (SSSR count). The van der Waals surface area contributed by atoms with Crippen LogP contribution in [-0.2, 0) is 9.59 Å². The number of carbonyl (C=O) groups excluding carboxylic acids is 2. The van der Waals surface area contributed by atoms with Crippen molar-refractivity contribution in [2.24, 2.45) is 0 Å². The van der Waals surface area contributed by atoms with Gasteiger partial charge >= 0.3 is 5.97 Å². The van der Waals surface area contributed by atoms with E-state index in [2.05, 4.69) is 10.6 Å². The predicted molar refractivity (Wildman–Crippen MR) is 98.5 cm³/mol. The van der Waals surface area contributed by atoms with Gasteiger partial charge in [-0.3, -0.25) is 9.59 Å². The van der Waals surface area contributed by atoms with Gasteiger partial charge in [0.25, 0.3) is 0 Å². The fourth-order valence-electron chi connectivity index (χ4n) is 1.93. The number of carboxylic acid groups (broad SMARTS) is 1. The minimum Gasteiger partial charge on any atom is -0.478 e. The summed E-state index contributed by atoms with van der Waals surface area (Å²) in [5.74, 6) is -1.42. The smallest absolute Gasteiger partial charge is 0.335 e. The summed E-state index contributed by atoms with van der Waals surface area (Å²) in [6.45, 7) is 1.43. The van der Waals surface area contributed by atoms with Gasteiger partial charge in [0.2, 0.25) is 11.8 Å². The molecule has 2 aromatic rings. The fourth-order valence-corrected chi connectivity index (χ4v) is 2.79. The number of hydrogen-bond acceptors (Lipinski definition) is 4. The number of hydrogen-bond donors (Lipinski definition) is 3. The minimum atomic E-state index is -1.10. The van der Waals surface area contributed by atoms with E-state index >= 15 is 0 Å². The van der Waals surface area contributed by atoms with E-state index in [4.69, 9.17) is 16.7 Å². The topological polar surface area (TPSA) is 95.5 Å². The van der Waals surface area contributed by atoms with Gasteiger partial charge in [-0.05, 0) is 42.5 Å². The molecule has 130 valence electrons. The normalized spacial score (nSPS) is 10.2. The third kappa shape index (κ3) is 5.81. The Morgan fingerprint density at radius 1 is 1.08 bits per heavy atom. The summed E-state index contributed by atoms with van der Waals surface area (Å²) in [4.78, 5) is 34.8. The van der Waals surface area contributed by atoms with Crippen molar-refractivity contribution in [3.8, 4) is 0 Å². The molecule has 25 heavy (non-hydrogen) atoms. The highest BCUT2D eigenvalue weighted by Crippen LogP contribution is 2.25. The Morgan fingerprint density at radius 3 is 2.36 bits per heavy atom. The Bertz CT molecular complexity index is 809. The summed E-state index contributed by atoms with van der Waals surface area (Å²) in [6, 6.07) is 11.2. The van der Waals surface area contributed by atoms with Crippen LogP contribution in [0.3, 0.4) is 0 Å². The predicted octanol–water partition coefficient (Wildman–Crippen LogP) is 3.73. The molecule has 0 heterocycles. The molecule has 0 bridgehead atoms. The van der Waals surface area contributed by atoms with Crippen LogP contribution in [0.5, 0.6) is 0 Å². The molecular weight excluding hydrogens is 364 g/mol. The summed E-state index contributed by atoms with van der Waals surface area (Å²) in [7, 11) is 0. The molecule has 0 saturated heterocycles. The lowest BCUT2D eigenvalue weighted by Gasteiger charge is -2.08. The monoisotopic (exact) mass is 378 g/mol. The number of thioether (sulfide) groups is 1. The zero-order valence-corrected chi connectivity index (χ0v) is 14.8. The van der Waals surface area contributed by atoms with Crippen molar-refractivity contribution < 1.29 is 19.5 Å². The molecule has 0 spiro atoms. The summed E-state index contributed by atoms with van der Waals surface area (Å²) >= 11 is 7.28. The van der Waals surface area contributed by atoms with Gasteiger partial charge < -0.3 is 15.7 Å². The lowest BCUT2D eigenvalue weighted by molar-refractivity contribution is -0.114. The quantitative estimate of drug-likeness (QED) is 0.666. The van der Waals surface area contributed by atoms with E-state index in [1.54, 1.807) is 24.3 Å². The average Bonchev–Trinajstić information content (AvgIpc) is 2.55. The Morgan fingerprint density at radius 2 is 1.76 bits per heavy atom. The molecule has 0 unspecified atom stereocenters. The number of anilines is 2. The first-order chi connectivity index (χ1) is 11.8. The van der Waals surface area contributed by atoms with E-state index in [0.29, 0.717) is 5.69 Å². The van der Waals surface area contributed by atoms with E-state index < -0.39 is 5.97 Å². The molecule has 2 aromatic carbocycles. The van der Waals surface area contributed by atoms with Crippen LogP contribution in [0.2, 0.25) is 5.02 Å². The highest BCUT2D eigenvalue weighted by Gasteiger charge is 2.10. The van der Waals surface area contributed by atoms with Crippen molar-refractivity contribution in [2.75, 3.05) is 16.4 Å². The Kier molecular flexibility index (Phi) is 6.44. The van der Waals surface area contributed by atoms with Crippen LogP contribution >= 0.6 is 23.4 Å². The highest BCUT2D eigenvalue weighted by atomic mass is 35.5. The Balaban J connectivity index is 1.93. The van der Waals surface area contributed by atoms with Crippen LogP contribution in [-0.4, -0.2) is 28.6 Å². The molecule has 6 nitrogen and oxygen atoms in total. The standard InChI is InChI=1S/C17H15ClN2O4S/c1-10(21)19-12-3-5-13(6-4-12)25-9-16(22)20-15-8-11(17(23)24)2-7-14(15)18/h2-8H,9H2,1H3,(H,19,21)(H,20,22)(H,23,24). The van der Waals surface area contributed by atoms with Crippen LogP contribution in [0.4, 0.5) is 11.4 Å². The van der Waals surface area contributed by atoms with E-state index in [1.807, 2.05) is 0 Å². The highest BCUT2D eigenvalue weighted by molar-refractivity contribution is 8.00. The van der Waals surface area contributed by atoms with Gasteiger partial charge in [-0.15, -0.1) is 11.8 Å². The van der Waals surface area contributed by atoms with Crippen LogP contribution in [0.15, 0.2) is 47.4 Å². The van der Waals surface area contributed by atoms with Crippen molar-refractivity contribution in [2.45, 2.75) is 11.8 Å². The summed E-state index contributed by atoms with van der Waals surface area (Å²) in [5, 5.41) is 14.5. The first kappa shape index (κ1) is 18.8. The lowest BCUT2D eigenvalue weighted by atomic mass is 10.2. The lowest BCUT2D eigenvalue weighted by Crippen LogP contribution is -2.14. The van der Waals surface area contributed by atoms with Gasteiger partial charge in [0.1, 0.15) is 0 Å². The molecule has 0 radical (unpaired) electrons. The molecule has 0 aliphatic heterocycles. The second-order valence-corrected chi connectivity index (χ2v) is 6.50. The van der Waals surface area contributed by atoms with E-state index in [9.17, 15) is 14.4 Å². The van der Waals surface area contributed by atoms with Crippen molar-refractivity contribution >= 4 is 52.5 Å². The molecule has 0 saturated carbocycles. The third-order valence-corrected chi connectivity index (χ3v) is 4.37. The average molecular weight is 379 g/mol. The van der Waals surface area contributed by atoms with Crippen molar-refractivity contribution in [3.05, 3.63) is 53.1 Å². The van der Waals surface area contributed by atoms with Crippen LogP contribution in [0.25, 0.3) is 0 Å². The molecule has 3 N–H and O–H groups in total. The number of halogens is 1. The van der Waals surface area contributed by atoms with Gasteiger partial charge in [-0.2, -0.15) is 0 Å². The second-order valence-electron chi connectivity index (χ2n) is 5.04. The van der Waals surface area contributed by atoms with Gasteiger partial charge in [0.05, 0.1) is 22.0 Å².